The smallest absolute Gasteiger partial charge is 0.422 e. The first-order valence-corrected chi connectivity index (χ1v) is 6.13. The topological polar surface area (TPSA) is 50.4 Å². The van der Waals surface area contributed by atoms with E-state index in [1.807, 2.05) is 45.0 Å². The predicted octanol–water partition coefficient (Wildman–Crippen LogP) is 2.98. The molecule has 4 nitrogen and oxygen atoms in total. The van der Waals surface area contributed by atoms with Gasteiger partial charge in [0.1, 0.15) is 5.60 Å². The number of benzene rings is 1. The molecule has 0 saturated carbocycles. The first kappa shape index (κ1) is 14.0. The van der Waals surface area contributed by atoms with Crippen LogP contribution in [0.4, 0.5) is 4.79 Å². The molecule has 0 radical (unpaired) electrons. The molecule has 2 N–H and O–H groups in total. The van der Waals surface area contributed by atoms with Crippen molar-refractivity contribution in [1.82, 2.24) is 10.9 Å². The second-order valence-corrected chi connectivity index (χ2v) is 5.43. The molecule has 0 aliphatic rings. The maximum absolute atomic E-state index is 11.3. The predicted molar refractivity (Wildman–Crippen MR) is 70.4 cm³/mol. The molecule has 1 aromatic carbocycles. The zero-order chi connectivity index (χ0) is 12.9. The number of rotatable bonds is 3. The number of carbonyl (C=O) groups is 1. The van der Waals surface area contributed by atoms with Crippen LogP contribution in [-0.4, -0.2) is 11.7 Å². The van der Waals surface area contributed by atoms with Crippen LogP contribution in [0.25, 0.3) is 0 Å². The maximum atomic E-state index is 11.3. The SMILES string of the molecule is CC(C)(C)OC(=O)NNCc1ccccc1Br. The van der Waals surface area contributed by atoms with Gasteiger partial charge in [-0.05, 0) is 32.4 Å². The number of hydrogen-bond donors (Lipinski definition) is 2. The van der Waals surface area contributed by atoms with Crippen LogP contribution < -0.4 is 10.9 Å². The van der Waals surface area contributed by atoms with Gasteiger partial charge < -0.3 is 4.74 Å². The molecule has 0 spiro atoms. The molecule has 1 rings (SSSR count). The van der Waals surface area contributed by atoms with Crippen molar-refractivity contribution in [3.05, 3.63) is 34.3 Å². The minimum Gasteiger partial charge on any atom is -0.443 e. The minimum absolute atomic E-state index is 0.482. The fourth-order valence-electron chi connectivity index (χ4n) is 1.16. The lowest BCUT2D eigenvalue weighted by Gasteiger charge is -2.19. The summed E-state index contributed by atoms with van der Waals surface area (Å²) < 4.78 is 6.08. The van der Waals surface area contributed by atoms with Gasteiger partial charge >= 0.3 is 6.09 Å². The van der Waals surface area contributed by atoms with Gasteiger partial charge in [-0.3, -0.25) is 5.43 Å². The highest BCUT2D eigenvalue weighted by Crippen LogP contribution is 2.14. The molecule has 0 aliphatic carbocycles. The summed E-state index contributed by atoms with van der Waals surface area (Å²) in [6.45, 7) is 5.99. The molecular formula is C12H17BrN2O2. The molecular weight excluding hydrogens is 284 g/mol. The summed E-state index contributed by atoms with van der Waals surface area (Å²) in [6, 6.07) is 7.79. The lowest BCUT2D eigenvalue weighted by molar-refractivity contribution is 0.0497. The normalized spacial score (nSPS) is 11.1. The highest BCUT2D eigenvalue weighted by atomic mass is 79.9. The van der Waals surface area contributed by atoms with Crippen LogP contribution in [0, 0.1) is 0 Å². The van der Waals surface area contributed by atoms with Gasteiger partial charge in [-0.15, -0.1) is 0 Å². The van der Waals surface area contributed by atoms with Crippen LogP contribution in [0.15, 0.2) is 28.7 Å². The Bertz CT molecular complexity index is 388. The summed E-state index contributed by atoms with van der Waals surface area (Å²) in [4.78, 5) is 11.3. The van der Waals surface area contributed by atoms with Crippen molar-refractivity contribution in [3.8, 4) is 0 Å². The summed E-state index contributed by atoms with van der Waals surface area (Å²) in [6.07, 6.45) is -0.482. The third kappa shape index (κ3) is 5.70. The molecule has 0 aromatic heterocycles. The highest BCUT2D eigenvalue weighted by molar-refractivity contribution is 9.10. The molecule has 0 atom stereocenters. The lowest BCUT2D eigenvalue weighted by atomic mass is 10.2. The van der Waals surface area contributed by atoms with E-state index in [-0.39, 0.29) is 0 Å². The van der Waals surface area contributed by atoms with Crippen LogP contribution >= 0.6 is 15.9 Å². The molecule has 0 heterocycles. The second kappa shape index (κ2) is 6.02. The molecule has 0 bridgehead atoms. The fraction of sp³-hybridized carbons (Fsp3) is 0.417. The van der Waals surface area contributed by atoms with Gasteiger partial charge in [0.2, 0.25) is 0 Å². The van der Waals surface area contributed by atoms with Gasteiger partial charge in [-0.25, -0.2) is 10.2 Å². The zero-order valence-corrected chi connectivity index (χ0v) is 11.8. The number of hydrogen-bond acceptors (Lipinski definition) is 3. The quantitative estimate of drug-likeness (QED) is 0.844. The minimum atomic E-state index is -0.487. The molecule has 17 heavy (non-hydrogen) atoms. The third-order valence-electron chi connectivity index (χ3n) is 1.83. The van der Waals surface area contributed by atoms with Crippen LogP contribution in [-0.2, 0) is 11.3 Å². The van der Waals surface area contributed by atoms with E-state index in [0.29, 0.717) is 6.54 Å². The molecule has 0 fully saturated rings. The first-order chi connectivity index (χ1) is 7.88. The van der Waals surface area contributed by atoms with E-state index in [1.54, 1.807) is 0 Å². The number of nitrogens with one attached hydrogen (secondary N) is 2. The molecule has 5 heteroatoms. The first-order valence-electron chi connectivity index (χ1n) is 5.34. The molecule has 94 valence electrons. The lowest BCUT2D eigenvalue weighted by Crippen LogP contribution is -2.40. The van der Waals surface area contributed by atoms with Crippen molar-refractivity contribution < 1.29 is 9.53 Å². The van der Waals surface area contributed by atoms with Gasteiger partial charge in [0.15, 0.2) is 0 Å². The number of hydrazine groups is 1. The van der Waals surface area contributed by atoms with Gasteiger partial charge in [0, 0.05) is 11.0 Å². The van der Waals surface area contributed by atoms with Crippen molar-refractivity contribution >= 4 is 22.0 Å². The Morgan fingerprint density at radius 1 is 1.35 bits per heavy atom. The van der Waals surface area contributed by atoms with Crippen molar-refractivity contribution in [3.63, 3.8) is 0 Å². The summed E-state index contributed by atoms with van der Waals surface area (Å²) in [5.74, 6) is 0. The van der Waals surface area contributed by atoms with Gasteiger partial charge in [-0.2, -0.15) is 0 Å². The Morgan fingerprint density at radius 2 is 2.00 bits per heavy atom. The highest BCUT2D eigenvalue weighted by Gasteiger charge is 2.15. The van der Waals surface area contributed by atoms with Crippen molar-refractivity contribution in [2.45, 2.75) is 32.9 Å². The van der Waals surface area contributed by atoms with E-state index in [2.05, 4.69) is 26.8 Å². The summed E-state index contributed by atoms with van der Waals surface area (Å²) in [7, 11) is 0. The number of halogens is 1. The van der Waals surface area contributed by atoms with Crippen LogP contribution in [0.1, 0.15) is 26.3 Å². The van der Waals surface area contributed by atoms with Gasteiger partial charge in [-0.1, -0.05) is 34.1 Å². The van der Waals surface area contributed by atoms with E-state index in [1.165, 1.54) is 0 Å². The van der Waals surface area contributed by atoms with Crippen molar-refractivity contribution in [1.29, 1.82) is 0 Å². The van der Waals surface area contributed by atoms with E-state index in [4.69, 9.17) is 4.74 Å². The largest absolute Gasteiger partial charge is 0.443 e. The number of carbonyl (C=O) groups excluding carboxylic acids is 1. The Hall–Kier alpha value is -1.07. The monoisotopic (exact) mass is 300 g/mol. The van der Waals surface area contributed by atoms with Crippen molar-refractivity contribution in [2.75, 3.05) is 0 Å². The molecule has 0 aliphatic heterocycles. The summed E-state index contributed by atoms with van der Waals surface area (Å²) in [5, 5.41) is 0. The van der Waals surface area contributed by atoms with Crippen LogP contribution in [0.2, 0.25) is 0 Å². The van der Waals surface area contributed by atoms with Gasteiger partial charge in [0.05, 0.1) is 0 Å². The Kier molecular flexibility index (Phi) is 4.96. The Balaban J connectivity index is 2.34. The molecule has 0 saturated heterocycles. The Labute approximate surface area is 110 Å². The van der Waals surface area contributed by atoms with Crippen LogP contribution in [0.3, 0.4) is 0 Å². The molecule has 1 aromatic rings. The van der Waals surface area contributed by atoms with E-state index in [0.717, 1.165) is 10.0 Å². The van der Waals surface area contributed by atoms with Crippen molar-refractivity contribution in [2.24, 2.45) is 0 Å². The maximum Gasteiger partial charge on any atom is 0.422 e. The number of amides is 1. The number of ether oxygens (including phenoxy) is 1. The van der Waals surface area contributed by atoms with E-state index < -0.39 is 11.7 Å². The van der Waals surface area contributed by atoms with Crippen LogP contribution in [0.5, 0.6) is 0 Å². The second-order valence-electron chi connectivity index (χ2n) is 4.57. The fourth-order valence-corrected chi connectivity index (χ4v) is 1.58. The average molecular weight is 301 g/mol. The zero-order valence-electron chi connectivity index (χ0n) is 10.2. The Morgan fingerprint density at radius 3 is 2.59 bits per heavy atom. The molecule has 1 amide bonds. The summed E-state index contributed by atoms with van der Waals surface area (Å²) >= 11 is 3.43. The molecule has 0 unspecified atom stereocenters. The standard InChI is InChI=1S/C12H17BrN2O2/c1-12(2,3)17-11(16)15-14-8-9-6-4-5-7-10(9)13/h4-7,14H,8H2,1-3H3,(H,15,16). The average Bonchev–Trinajstić information content (AvgIpc) is 2.18. The third-order valence-corrected chi connectivity index (χ3v) is 2.60. The van der Waals surface area contributed by atoms with Gasteiger partial charge in [0.25, 0.3) is 0 Å². The summed E-state index contributed by atoms with van der Waals surface area (Å²) in [5.41, 5.74) is 5.87. The van der Waals surface area contributed by atoms with E-state index in [9.17, 15) is 4.79 Å². The van der Waals surface area contributed by atoms with E-state index >= 15 is 0 Å².